The average Bonchev–Trinajstić information content (AvgIpc) is 1.86. The smallest absolute Gasteiger partial charge is 0.248 e. The first kappa shape index (κ1) is 9.90. The molecule has 0 heterocycles. The first-order valence-corrected chi connectivity index (χ1v) is 3.10. The highest BCUT2D eigenvalue weighted by Gasteiger charge is 2.03. The molecular weight excluding hydrogens is 148 g/mol. The Labute approximate surface area is 65.1 Å². The van der Waals surface area contributed by atoms with Gasteiger partial charge in [0.1, 0.15) is 13.2 Å². The second-order valence-corrected chi connectivity index (χ2v) is 2.25. The van der Waals surface area contributed by atoms with Crippen molar-refractivity contribution in [3.05, 3.63) is 0 Å². The van der Waals surface area contributed by atoms with Crippen LogP contribution in [-0.4, -0.2) is 44.0 Å². The van der Waals surface area contributed by atoms with Crippen LogP contribution < -0.4 is 5.73 Å². The summed E-state index contributed by atoms with van der Waals surface area (Å²) in [6, 6.07) is 0. The third-order valence-corrected chi connectivity index (χ3v) is 0.969. The molecule has 0 saturated heterocycles. The molecule has 5 heteroatoms. The molecule has 0 bridgehead atoms. The van der Waals surface area contributed by atoms with Crippen LogP contribution in [0, 0.1) is 0 Å². The topological polar surface area (TPSA) is 72.6 Å². The molecule has 0 atom stereocenters. The molecule has 0 aliphatic rings. The summed E-state index contributed by atoms with van der Waals surface area (Å²) in [5.74, 6) is -0.761. The fourth-order valence-electron chi connectivity index (χ4n) is 0.368. The van der Waals surface area contributed by atoms with Crippen LogP contribution >= 0.6 is 0 Å². The maximum absolute atomic E-state index is 10.8. The molecule has 11 heavy (non-hydrogen) atoms. The molecule has 0 aliphatic carbocycles. The second kappa shape index (κ2) is 4.68. The molecule has 0 radical (unpaired) electrons. The van der Waals surface area contributed by atoms with Gasteiger partial charge in [-0.05, 0) is 0 Å². The first-order chi connectivity index (χ1) is 5.04. The van der Waals surface area contributed by atoms with Crippen LogP contribution in [0.1, 0.15) is 0 Å². The summed E-state index contributed by atoms with van der Waals surface area (Å²) in [6.07, 6.45) is 0. The number of likely N-dealkylation sites (N-methyl/N-ethyl adjacent to an activating group) is 1. The van der Waals surface area contributed by atoms with Gasteiger partial charge in [0.15, 0.2) is 0 Å². The van der Waals surface area contributed by atoms with E-state index in [1.807, 2.05) is 0 Å². The summed E-state index contributed by atoms with van der Waals surface area (Å²) in [5.41, 5.74) is 4.77. The van der Waals surface area contributed by atoms with E-state index < -0.39 is 5.91 Å². The Morgan fingerprint density at radius 1 is 1.36 bits per heavy atom. The lowest BCUT2D eigenvalue weighted by Gasteiger charge is -2.08. The molecule has 0 aromatic rings. The number of hydrogen-bond donors (Lipinski definition) is 1. The molecule has 5 nitrogen and oxygen atoms in total. The summed E-state index contributed by atoms with van der Waals surface area (Å²) >= 11 is 0. The number of rotatable bonds is 4. The monoisotopic (exact) mass is 160 g/mol. The van der Waals surface area contributed by atoms with Gasteiger partial charge in [0, 0.05) is 14.1 Å². The van der Waals surface area contributed by atoms with Crippen molar-refractivity contribution >= 4 is 11.8 Å². The van der Waals surface area contributed by atoms with Crippen molar-refractivity contribution in [2.24, 2.45) is 5.73 Å². The number of nitrogens with zero attached hydrogens (tertiary/aromatic N) is 1. The van der Waals surface area contributed by atoms with Gasteiger partial charge in [-0.2, -0.15) is 0 Å². The van der Waals surface area contributed by atoms with Crippen molar-refractivity contribution in [1.29, 1.82) is 0 Å². The fourth-order valence-corrected chi connectivity index (χ4v) is 0.368. The third kappa shape index (κ3) is 5.35. The van der Waals surface area contributed by atoms with E-state index in [1.165, 1.54) is 4.90 Å². The van der Waals surface area contributed by atoms with Gasteiger partial charge in [0.05, 0.1) is 0 Å². The number of hydrogen-bond acceptors (Lipinski definition) is 3. The SMILES string of the molecule is CN(C)C(=O)COCC(N)=O. The predicted octanol–water partition coefficient (Wildman–Crippen LogP) is -1.42. The summed E-state index contributed by atoms with van der Waals surface area (Å²) in [6.45, 7) is -0.310. The molecule has 64 valence electrons. The van der Waals surface area contributed by atoms with Crippen molar-refractivity contribution in [3.63, 3.8) is 0 Å². The lowest BCUT2D eigenvalue weighted by atomic mass is 10.6. The van der Waals surface area contributed by atoms with E-state index in [9.17, 15) is 9.59 Å². The largest absolute Gasteiger partial charge is 0.368 e. The summed E-state index contributed by atoms with van der Waals surface area (Å²) < 4.78 is 4.65. The van der Waals surface area contributed by atoms with E-state index in [0.717, 1.165) is 0 Å². The molecule has 2 amide bonds. The predicted molar refractivity (Wildman–Crippen MR) is 38.7 cm³/mol. The Kier molecular flexibility index (Phi) is 4.21. The fraction of sp³-hybridized carbons (Fsp3) is 0.667. The maximum Gasteiger partial charge on any atom is 0.248 e. The van der Waals surface area contributed by atoms with Gasteiger partial charge in [0.2, 0.25) is 11.8 Å². The van der Waals surface area contributed by atoms with Gasteiger partial charge in [0.25, 0.3) is 0 Å². The van der Waals surface area contributed by atoms with Crippen LogP contribution in [0.25, 0.3) is 0 Å². The van der Waals surface area contributed by atoms with Crippen LogP contribution in [0.4, 0.5) is 0 Å². The van der Waals surface area contributed by atoms with Crippen LogP contribution in [0.15, 0.2) is 0 Å². The van der Waals surface area contributed by atoms with Crippen LogP contribution in [0.2, 0.25) is 0 Å². The van der Waals surface area contributed by atoms with Crippen molar-refractivity contribution < 1.29 is 14.3 Å². The molecule has 0 saturated carbocycles. The van der Waals surface area contributed by atoms with Gasteiger partial charge < -0.3 is 15.4 Å². The standard InChI is InChI=1S/C6H12N2O3/c1-8(2)6(10)4-11-3-5(7)9/h3-4H2,1-2H3,(H2,7,9). The Morgan fingerprint density at radius 2 is 1.91 bits per heavy atom. The molecular formula is C6H12N2O3. The molecule has 0 fully saturated rings. The maximum atomic E-state index is 10.8. The number of primary amides is 1. The average molecular weight is 160 g/mol. The molecule has 0 rings (SSSR count). The molecule has 0 aliphatic heterocycles. The second-order valence-electron chi connectivity index (χ2n) is 2.25. The number of nitrogens with two attached hydrogens (primary N) is 1. The van der Waals surface area contributed by atoms with Gasteiger partial charge in [-0.1, -0.05) is 0 Å². The Morgan fingerprint density at radius 3 is 2.27 bits per heavy atom. The Balaban J connectivity index is 3.39. The van der Waals surface area contributed by atoms with E-state index in [0.29, 0.717) is 0 Å². The normalized spacial score (nSPS) is 9.27. The first-order valence-electron chi connectivity index (χ1n) is 3.10. The van der Waals surface area contributed by atoms with Crippen molar-refractivity contribution in [2.45, 2.75) is 0 Å². The summed E-state index contributed by atoms with van der Waals surface area (Å²) in [7, 11) is 3.21. The van der Waals surface area contributed by atoms with Crippen molar-refractivity contribution in [1.82, 2.24) is 4.90 Å². The zero-order valence-electron chi connectivity index (χ0n) is 6.66. The highest BCUT2D eigenvalue weighted by atomic mass is 16.5. The van der Waals surface area contributed by atoms with Gasteiger partial charge >= 0.3 is 0 Å². The van der Waals surface area contributed by atoms with Crippen LogP contribution in [-0.2, 0) is 14.3 Å². The lowest BCUT2D eigenvalue weighted by molar-refractivity contribution is -0.135. The van der Waals surface area contributed by atoms with Gasteiger partial charge in [-0.3, -0.25) is 9.59 Å². The van der Waals surface area contributed by atoms with Crippen molar-refractivity contribution in [3.8, 4) is 0 Å². The summed E-state index contributed by atoms with van der Waals surface area (Å²) in [4.78, 5) is 22.3. The lowest BCUT2D eigenvalue weighted by Crippen LogP contribution is -2.28. The molecule has 0 unspecified atom stereocenters. The quantitative estimate of drug-likeness (QED) is 0.548. The third-order valence-electron chi connectivity index (χ3n) is 0.969. The molecule has 0 spiro atoms. The van der Waals surface area contributed by atoms with E-state index in [4.69, 9.17) is 5.73 Å². The number of carbonyl (C=O) groups excluding carboxylic acids is 2. The summed E-state index contributed by atoms with van der Waals surface area (Å²) in [5, 5.41) is 0. The Bertz CT molecular complexity index is 156. The van der Waals surface area contributed by atoms with Gasteiger partial charge in [-0.25, -0.2) is 0 Å². The van der Waals surface area contributed by atoms with E-state index >= 15 is 0 Å². The van der Waals surface area contributed by atoms with Crippen molar-refractivity contribution in [2.75, 3.05) is 27.3 Å². The highest BCUT2D eigenvalue weighted by molar-refractivity contribution is 5.78. The number of ether oxygens (including phenoxy) is 1. The zero-order valence-corrected chi connectivity index (χ0v) is 6.66. The van der Waals surface area contributed by atoms with Gasteiger partial charge in [-0.15, -0.1) is 0 Å². The molecule has 0 aromatic carbocycles. The van der Waals surface area contributed by atoms with E-state index in [-0.39, 0.29) is 19.1 Å². The van der Waals surface area contributed by atoms with E-state index in [1.54, 1.807) is 14.1 Å². The highest BCUT2D eigenvalue weighted by Crippen LogP contribution is 1.80. The minimum absolute atomic E-state index is 0.101. The van der Waals surface area contributed by atoms with E-state index in [2.05, 4.69) is 4.74 Å². The minimum Gasteiger partial charge on any atom is -0.368 e. The molecule has 2 N–H and O–H groups in total. The minimum atomic E-state index is -0.573. The number of amides is 2. The zero-order chi connectivity index (χ0) is 8.85. The van der Waals surface area contributed by atoms with Crippen LogP contribution in [0.5, 0.6) is 0 Å². The number of carbonyl (C=O) groups is 2. The van der Waals surface area contributed by atoms with Crippen LogP contribution in [0.3, 0.4) is 0 Å². The Hall–Kier alpha value is -1.10. The molecule has 0 aromatic heterocycles.